The van der Waals surface area contributed by atoms with Crippen molar-refractivity contribution in [3.8, 4) is 0 Å². The van der Waals surface area contributed by atoms with E-state index in [4.69, 9.17) is 0 Å². The fraction of sp³-hybridized carbons (Fsp3) is 0.588. The molecule has 0 radical (unpaired) electrons. The van der Waals surface area contributed by atoms with Crippen LogP contribution in [0, 0.1) is 0 Å². The number of hydrogen-bond donors (Lipinski definition) is 1. The SMILES string of the molecule is CCCc1ccccc1NC(C)C(=O)N1CCCCC1. The topological polar surface area (TPSA) is 32.3 Å². The Bertz CT molecular complexity index is 438. The molecule has 1 amide bonds. The van der Waals surface area contributed by atoms with Crippen LogP contribution in [0.1, 0.15) is 45.1 Å². The monoisotopic (exact) mass is 274 g/mol. The van der Waals surface area contributed by atoms with Gasteiger partial charge in [-0.3, -0.25) is 4.79 Å². The van der Waals surface area contributed by atoms with E-state index in [1.165, 1.54) is 12.0 Å². The van der Waals surface area contributed by atoms with Crippen LogP contribution in [-0.4, -0.2) is 29.9 Å². The first kappa shape index (κ1) is 14.9. The van der Waals surface area contributed by atoms with Crippen molar-refractivity contribution in [2.45, 2.75) is 52.0 Å². The molecule has 1 atom stereocenters. The highest BCUT2D eigenvalue weighted by Crippen LogP contribution is 2.19. The molecule has 0 saturated carbocycles. The number of carbonyl (C=O) groups is 1. The molecule has 2 rings (SSSR count). The second-order valence-corrected chi connectivity index (χ2v) is 5.66. The molecular weight excluding hydrogens is 248 g/mol. The Morgan fingerprint density at radius 2 is 1.95 bits per heavy atom. The molecule has 1 aliphatic rings. The number of amides is 1. The summed E-state index contributed by atoms with van der Waals surface area (Å²) in [4.78, 5) is 14.4. The van der Waals surface area contributed by atoms with Gasteiger partial charge in [-0.15, -0.1) is 0 Å². The molecule has 3 heteroatoms. The minimum atomic E-state index is -0.147. The molecule has 20 heavy (non-hydrogen) atoms. The molecule has 1 N–H and O–H groups in total. The van der Waals surface area contributed by atoms with E-state index >= 15 is 0 Å². The number of nitrogens with zero attached hydrogens (tertiary/aromatic N) is 1. The highest BCUT2D eigenvalue weighted by Gasteiger charge is 2.22. The molecular formula is C17H26N2O. The smallest absolute Gasteiger partial charge is 0.244 e. The van der Waals surface area contributed by atoms with Gasteiger partial charge in [0.15, 0.2) is 0 Å². The lowest BCUT2D eigenvalue weighted by molar-refractivity contribution is -0.132. The quantitative estimate of drug-likeness (QED) is 0.892. The van der Waals surface area contributed by atoms with Crippen LogP contribution in [0.4, 0.5) is 5.69 Å². The van der Waals surface area contributed by atoms with Gasteiger partial charge in [0.25, 0.3) is 0 Å². The van der Waals surface area contributed by atoms with Crippen LogP contribution in [-0.2, 0) is 11.2 Å². The highest BCUT2D eigenvalue weighted by atomic mass is 16.2. The van der Waals surface area contributed by atoms with Gasteiger partial charge < -0.3 is 10.2 Å². The average molecular weight is 274 g/mol. The van der Waals surface area contributed by atoms with Crippen LogP contribution in [0.5, 0.6) is 0 Å². The van der Waals surface area contributed by atoms with Crippen molar-refractivity contribution in [3.63, 3.8) is 0 Å². The van der Waals surface area contributed by atoms with E-state index in [0.29, 0.717) is 0 Å². The minimum Gasteiger partial charge on any atom is -0.374 e. The first-order chi connectivity index (χ1) is 9.72. The molecule has 0 spiro atoms. The number of piperidine rings is 1. The van der Waals surface area contributed by atoms with Crippen molar-refractivity contribution >= 4 is 11.6 Å². The number of para-hydroxylation sites is 1. The second-order valence-electron chi connectivity index (χ2n) is 5.66. The molecule has 1 unspecified atom stereocenters. The van der Waals surface area contributed by atoms with Crippen molar-refractivity contribution in [3.05, 3.63) is 29.8 Å². The van der Waals surface area contributed by atoms with Gasteiger partial charge in [-0.1, -0.05) is 31.5 Å². The largest absolute Gasteiger partial charge is 0.374 e. The molecule has 1 fully saturated rings. The van der Waals surface area contributed by atoms with Gasteiger partial charge in [-0.2, -0.15) is 0 Å². The van der Waals surface area contributed by atoms with Gasteiger partial charge in [0.1, 0.15) is 6.04 Å². The molecule has 1 aromatic rings. The van der Waals surface area contributed by atoms with E-state index in [-0.39, 0.29) is 11.9 Å². The van der Waals surface area contributed by atoms with E-state index in [2.05, 4.69) is 30.4 Å². The number of likely N-dealkylation sites (tertiary alicyclic amines) is 1. The summed E-state index contributed by atoms with van der Waals surface area (Å²) >= 11 is 0. The lowest BCUT2D eigenvalue weighted by Gasteiger charge is -2.30. The lowest BCUT2D eigenvalue weighted by atomic mass is 10.1. The van der Waals surface area contributed by atoms with E-state index in [9.17, 15) is 4.79 Å². The Hall–Kier alpha value is -1.51. The Kier molecular flexibility index (Phi) is 5.45. The van der Waals surface area contributed by atoms with Gasteiger partial charge in [-0.25, -0.2) is 0 Å². The van der Waals surface area contributed by atoms with Crippen LogP contribution in [0.2, 0.25) is 0 Å². The van der Waals surface area contributed by atoms with E-state index in [1.807, 2.05) is 17.9 Å². The number of nitrogens with one attached hydrogen (secondary N) is 1. The number of anilines is 1. The summed E-state index contributed by atoms with van der Waals surface area (Å²) in [5.41, 5.74) is 2.40. The van der Waals surface area contributed by atoms with Crippen LogP contribution in [0.25, 0.3) is 0 Å². The van der Waals surface area contributed by atoms with Crippen molar-refractivity contribution in [1.29, 1.82) is 0 Å². The van der Waals surface area contributed by atoms with Gasteiger partial charge in [0.2, 0.25) is 5.91 Å². The summed E-state index contributed by atoms with van der Waals surface area (Å²) in [6, 6.07) is 8.16. The van der Waals surface area contributed by atoms with Crippen molar-refractivity contribution < 1.29 is 4.79 Å². The number of hydrogen-bond acceptors (Lipinski definition) is 2. The van der Waals surface area contributed by atoms with Crippen molar-refractivity contribution in [2.24, 2.45) is 0 Å². The number of rotatable bonds is 5. The summed E-state index contributed by atoms with van der Waals surface area (Å²) < 4.78 is 0. The zero-order chi connectivity index (χ0) is 14.4. The van der Waals surface area contributed by atoms with Gasteiger partial charge in [-0.05, 0) is 44.2 Å². The Morgan fingerprint density at radius 1 is 1.25 bits per heavy atom. The van der Waals surface area contributed by atoms with E-state index < -0.39 is 0 Å². The predicted molar refractivity (Wildman–Crippen MR) is 84.0 cm³/mol. The predicted octanol–water partition coefficient (Wildman–Crippen LogP) is 3.45. The Morgan fingerprint density at radius 3 is 2.65 bits per heavy atom. The van der Waals surface area contributed by atoms with Gasteiger partial charge in [0, 0.05) is 18.8 Å². The molecule has 0 aliphatic carbocycles. The summed E-state index contributed by atoms with van der Waals surface area (Å²) in [5, 5.41) is 3.40. The highest BCUT2D eigenvalue weighted by molar-refractivity contribution is 5.84. The third-order valence-corrected chi connectivity index (χ3v) is 3.95. The maximum absolute atomic E-state index is 12.4. The number of carbonyl (C=O) groups excluding carboxylic acids is 1. The third-order valence-electron chi connectivity index (χ3n) is 3.95. The molecule has 1 aromatic carbocycles. The van der Waals surface area contributed by atoms with E-state index in [0.717, 1.165) is 44.5 Å². The fourth-order valence-corrected chi connectivity index (χ4v) is 2.83. The molecule has 0 bridgehead atoms. The molecule has 1 saturated heterocycles. The first-order valence-electron chi connectivity index (χ1n) is 7.85. The van der Waals surface area contributed by atoms with Crippen LogP contribution < -0.4 is 5.32 Å². The molecule has 0 aromatic heterocycles. The zero-order valence-corrected chi connectivity index (χ0v) is 12.7. The van der Waals surface area contributed by atoms with Gasteiger partial charge in [0.05, 0.1) is 0 Å². The van der Waals surface area contributed by atoms with Crippen molar-refractivity contribution in [2.75, 3.05) is 18.4 Å². The minimum absolute atomic E-state index is 0.147. The molecule has 1 aliphatic heterocycles. The Labute approximate surface area is 122 Å². The van der Waals surface area contributed by atoms with Crippen LogP contribution in [0.3, 0.4) is 0 Å². The molecule has 1 heterocycles. The fourth-order valence-electron chi connectivity index (χ4n) is 2.83. The molecule has 3 nitrogen and oxygen atoms in total. The second kappa shape index (κ2) is 7.32. The van der Waals surface area contributed by atoms with Crippen molar-refractivity contribution in [1.82, 2.24) is 4.90 Å². The van der Waals surface area contributed by atoms with Crippen LogP contribution >= 0.6 is 0 Å². The first-order valence-corrected chi connectivity index (χ1v) is 7.85. The maximum atomic E-state index is 12.4. The summed E-state index contributed by atoms with van der Waals surface area (Å²) in [5.74, 6) is 0.232. The molecule has 110 valence electrons. The summed E-state index contributed by atoms with van der Waals surface area (Å²) in [6.45, 7) is 5.99. The summed E-state index contributed by atoms with van der Waals surface area (Å²) in [6.07, 6.45) is 5.71. The normalized spacial score (nSPS) is 16.8. The summed E-state index contributed by atoms with van der Waals surface area (Å²) in [7, 11) is 0. The maximum Gasteiger partial charge on any atom is 0.244 e. The van der Waals surface area contributed by atoms with E-state index in [1.54, 1.807) is 0 Å². The third kappa shape index (κ3) is 3.75. The van der Waals surface area contributed by atoms with Gasteiger partial charge >= 0.3 is 0 Å². The number of aryl methyl sites for hydroxylation is 1. The Balaban J connectivity index is 1.99. The van der Waals surface area contributed by atoms with Crippen LogP contribution in [0.15, 0.2) is 24.3 Å². The number of benzene rings is 1. The zero-order valence-electron chi connectivity index (χ0n) is 12.7. The average Bonchev–Trinajstić information content (AvgIpc) is 2.49. The standard InChI is InChI=1S/C17H26N2O/c1-3-9-15-10-5-6-11-16(15)18-14(2)17(20)19-12-7-4-8-13-19/h5-6,10-11,14,18H,3-4,7-9,12-13H2,1-2H3. The lowest BCUT2D eigenvalue weighted by Crippen LogP contribution is -2.44.